The molecule has 0 saturated heterocycles. The Labute approximate surface area is 161 Å². The van der Waals surface area contributed by atoms with Crippen molar-refractivity contribution in [2.45, 2.75) is 0 Å². The highest BCUT2D eigenvalue weighted by atomic mass is 16.2. The summed E-state index contributed by atoms with van der Waals surface area (Å²) in [4.78, 5) is 28.7. The van der Waals surface area contributed by atoms with Crippen molar-refractivity contribution >= 4 is 28.4 Å². The number of benzene rings is 2. The number of carbonyl (C=O) groups excluding carboxylic acids is 2. The number of fused-ring (bicyclic) bond motifs is 1. The fourth-order valence-corrected chi connectivity index (χ4v) is 2.77. The van der Waals surface area contributed by atoms with Crippen LogP contribution in [-0.4, -0.2) is 33.1 Å². The molecule has 7 heteroatoms. The molecule has 2 amide bonds. The van der Waals surface area contributed by atoms with Gasteiger partial charge in [-0.05, 0) is 42.5 Å². The maximum absolute atomic E-state index is 12.3. The minimum Gasteiger partial charge on any atom is -0.342 e. The number of amides is 2. The van der Waals surface area contributed by atoms with Gasteiger partial charge in [0.25, 0.3) is 5.91 Å². The highest BCUT2D eigenvalue weighted by Crippen LogP contribution is 2.13. The summed E-state index contributed by atoms with van der Waals surface area (Å²) in [6.45, 7) is -0.145. The number of nitrogens with zero attached hydrogens (tertiary/aromatic N) is 3. The topological polar surface area (TPSA) is 88.9 Å². The number of hydrogen-bond donors (Lipinski definition) is 2. The van der Waals surface area contributed by atoms with Crippen LogP contribution >= 0.6 is 0 Å². The lowest BCUT2D eigenvalue weighted by molar-refractivity contribution is -0.115. The van der Waals surface area contributed by atoms with Gasteiger partial charge in [0.05, 0.1) is 17.7 Å². The summed E-state index contributed by atoms with van der Waals surface area (Å²) in [6, 6.07) is 20.1. The number of para-hydroxylation sites is 1. The first-order valence-corrected chi connectivity index (χ1v) is 8.73. The highest BCUT2D eigenvalue weighted by Gasteiger charge is 2.10. The van der Waals surface area contributed by atoms with Crippen LogP contribution in [0, 0.1) is 0 Å². The zero-order chi connectivity index (χ0) is 19.3. The van der Waals surface area contributed by atoms with Crippen LogP contribution in [0.5, 0.6) is 0 Å². The Bertz CT molecular complexity index is 1120. The molecule has 0 unspecified atom stereocenters. The molecule has 2 heterocycles. The van der Waals surface area contributed by atoms with Crippen molar-refractivity contribution in [2.75, 3.05) is 11.9 Å². The van der Waals surface area contributed by atoms with Crippen molar-refractivity contribution in [3.63, 3.8) is 0 Å². The second-order valence-corrected chi connectivity index (χ2v) is 6.12. The van der Waals surface area contributed by atoms with Crippen LogP contribution in [0.25, 0.3) is 16.6 Å². The van der Waals surface area contributed by atoms with E-state index in [2.05, 4.69) is 20.7 Å². The number of carbonyl (C=O) groups is 2. The van der Waals surface area contributed by atoms with Gasteiger partial charge in [0.2, 0.25) is 5.91 Å². The van der Waals surface area contributed by atoms with Crippen molar-refractivity contribution in [3.8, 4) is 5.69 Å². The van der Waals surface area contributed by atoms with E-state index in [4.69, 9.17) is 0 Å². The maximum Gasteiger partial charge on any atom is 0.270 e. The van der Waals surface area contributed by atoms with Crippen molar-refractivity contribution < 1.29 is 9.59 Å². The molecule has 7 nitrogen and oxygen atoms in total. The summed E-state index contributed by atoms with van der Waals surface area (Å²) in [5, 5.41) is 10.4. The summed E-state index contributed by atoms with van der Waals surface area (Å²) < 4.78 is 1.72. The Hall–Kier alpha value is -4.00. The Kier molecular flexibility index (Phi) is 4.79. The molecule has 0 saturated carbocycles. The molecule has 0 atom stereocenters. The maximum atomic E-state index is 12.3. The zero-order valence-electron chi connectivity index (χ0n) is 14.9. The molecular formula is C21H17N5O2. The SMILES string of the molecule is O=C(CNC(=O)c1ccc2ccccc2n1)Nc1ccc(-n2cccn2)cc1. The summed E-state index contributed by atoms with van der Waals surface area (Å²) in [7, 11) is 0. The van der Waals surface area contributed by atoms with Crippen molar-refractivity contribution in [2.24, 2.45) is 0 Å². The van der Waals surface area contributed by atoms with Gasteiger partial charge >= 0.3 is 0 Å². The van der Waals surface area contributed by atoms with E-state index in [9.17, 15) is 9.59 Å². The first-order valence-electron chi connectivity index (χ1n) is 8.73. The van der Waals surface area contributed by atoms with Gasteiger partial charge in [-0.2, -0.15) is 5.10 Å². The van der Waals surface area contributed by atoms with E-state index in [1.165, 1.54) is 0 Å². The van der Waals surface area contributed by atoms with Crippen LogP contribution in [0.2, 0.25) is 0 Å². The molecule has 0 radical (unpaired) electrons. The van der Waals surface area contributed by atoms with Crippen molar-refractivity contribution in [1.82, 2.24) is 20.1 Å². The zero-order valence-corrected chi connectivity index (χ0v) is 14.9. The summed E-state index contributed by atoms with van der Waals surface area (Å²) >= 11 is 0. The molecule has 4 rings (SSSR count). The van der Waals surface area contributed by atoms with E-state index < -0.39 is 5.91 Å². The van der Waals surface area contributed by atoms with Gasteiger partial charge in [-0.3, -0.25) is 9.59 Å². The van der Waals surface area contributed by atoms with Crippen LogP contribution < -0.4 is 10.6 Å². The smallest absolute Gasteiger partial charge is 0.270 e. The van der Waals surface area contributed by atoms with Gasteiger partial charge in [-0.15, -0.1) is 0 Å². The van der Waals surface area contributed by atoms with Gasteiger partial charge in [0.15, 0.2) is 0 Å². The fourth-order valence-electron chi connectivity index (χ4n) is 2.77. The number of aromatic nitrogens is 3. The Morgan fingerprint density at radius 1 is 0.929 bits per heavy atom. The molecule has 138 valence electrons. The molecule has 0 bridgehead atoms. The number of nitrogens with one attached hydrogen (secondary N) is 2. The minimum absolute atomic E-state index is 0.145. The van der Waals surface area contributed by atoms with Gasteiger partial charge in [0.1, 0.15) is 5.69 Å². The molecule has 0 aliphatic carbocycles. The Morgan fingerprint density at radius 3 is 2.54 bits per heavy atom. The van der Waals surface area contributed by atoms with E-state index in [1.807, 2.05) is 54.7 Å². The Balaban J connectivity index is 1.34. The van der Waals surface area contributed by atoms with Gasteiger partial charge < -0.3 is 10.6 Å². The second kappa shape index (κ2) is 7.71. The van der Waals surface area contributed by atoms with Crippen LogP contribution in [0.3, 0.4) is 0 Å². The molecule has 2 N–H and O–H groups in total. The van der Waals surface area contributed by atoms with Gasteiger partial charge in [-0.25, -0.2) is 9.67 Å². The number of hydrogen-bond acceptors (Lipinski definition) is 4. The molecule has 0 aliphatic rings. The molecule has 0 spiro atoms. The molecule has 0 fully saturated rings. The number of anilines is 1. The van der Waals surface area contributed by atoms with Crippen LogP contribution in [0.4, 0.5) is 5.69 Å². The van der Waals surface area contributed by atoms with E-state index in [0.29, 0.717) is 5.69 Å². The third-order valence-electron chi connectivity index (χ3n) is 4.16. The fraction of sp³-hybridized carbons (Fsp3) is 0.0476. The van der Waals surface area contributed by atoms with Gasteiger partial charge in [0, 0.05) is 23.5 Å². The predicted molar refractivity (Wildman–Crippen MR) is 106 cm³/mol. The molecule has 0 aliphatic heterocycles. The van der Waals surface area contributed by atoms with E-state index in [1.54, 1.807) is 29.1 Å². The monoisotopic (exact) mass is 371 g/mol. The molecule has 4 aromatic rings. The molecule has 2 aromatic carbocycles. The van der Waals surface area contributed by atoms with Gasteiger partial charge in [-0.1, -0.05) is 24.3 Å². The Morgan fingerprint density at radius 2 is 1.75 bits per heavy atom. The number of rotatable bonds is 5. The molecular weight excluding hydrogens is 354 g/mol. The second-order valence-electron chi connectivity index (χ2n) is 6.12. The number of pyridine rings is 1. The normalized spacial score (nSPS) is 10.6. The lowest BCUT2D eigenvalue weighted by Crippen LogP contribution is -2.33. The molecule has 2 aromatic heterocycles. The quantitative estimate of drug-likeness (QED) is 0.565. The van der Waals surface area contributed by atoms with Crippen LogP contribution in [0.15, 0.2) is 79.1 Å². The summed E-state index contributed by atoms with van der Waals surface area (Å²) in [6.07, 6.45) is 3.53. The third-order valence-corrected chi connectivity index (χ3v) is 4.16. The van der Waals surface area contributed by atoms with E-state index in [-0.39, 0.29) is 18.1 Å². The summed E-state index contributed by atoms with van der Waals surface area (Å²) in [5.41, 5.74) is 2.53. The first-order chi connectivity index (χ1) is 13.7. The van der Waals surface area contributed by atoms with Crippen LogP contribution in [-0.2, 0) is 4.79 Å². The molecule has 28 heavy (non-hydrogen) atoms. The minimum atomic E-state index is -0.394. The van der Waals surface area contributed by atoms with Crippen LogP contribution in [0.1, 0.15) is 10.5 Å². The standard InChI is InChI=1S/C21H17N5O2/c27-20(24-16-7-9-17(10-8-16)26-13-3-12-23-26)14-22-21(28)19-11-6-15-4-1-2-5-18(15)25-19/h1-13H,14H2,(H,22,28)(H,24,27). The van der Waals surface area contributed by atoms with E-state index >= 15 is 0 Å². The van der Waals surface area contributed by atoms with Crippen molar-refractivity contribution in [3.05, 3.63) is 84.8 Å². The largest absolute Gasteiger partial charge is 0.342 e. The lowest BCUT2D eigenvalue weighted by Gasteiger charge is -2.08. The summed E-state index contributed by atoms with van der Waals surface area (Å²) in [5.74, 6) is -0.712. The first kappa shape index (κ1) is 17.4. The van der Waals surface area contributed by atoms with E-state index in [0.717, 1.165) is 16.6 Å². The van der Waals surface area contributed by atoms with Crippen molar-refractivity contribution in [1.29, 1.82) is 0 Å². The third kappa shape index (κ3) is 3.88. The predicted octanol–water partition coefficient (Wildman–Crippen LogP) is 2.79. The average Bonchev–Trinajstić information content (AvgIpc) is 3.27. The average molecular weight is 371 g/mol. The highest BCUT2D eigenvalue weighted by molar-refractivity contribution is 5.99. The lowest BCUT2D eigenvalue weighted by atomic mass is 10.2.